The second-order valence-electron chi connectivity index (χ2n) is 7.41. The normalized spacial score (nSPS) is 23.5. The van der Waals surface area contributed by atoms with Crippen LogP contribution in [-0.2, 0) is 9.53 Å². The van der Waals surface area contributed by atoms with E-state index in [0.29, 0.717) is 61.8 Å². The Morgan fingerprint density at radius 3 is 2.93 bits per heavy atom. The van der Waals surface area contributed by atoms with Gasteiger partial charge in [0, 0.05) is 19.1 Å². The minimum absolute atomic E-state index is 0.122. The van der Waals surface area contributed by atoms with Crippen molar-refractivity contribution in [3.05, 3.63) is 24.0 Å². The highest BCUT2D eigenvalue weighted by atomic mass is 32.1. The molecule has 0 aromatic heterocycles. The Morgan fingerprint density at radius 2 is 2.27 bits per heavy atom. The van der Waals surface area contributed by atoms with Gasteiger partial charge in [-0.25, -0.2) is 9.18 Å². The van der Waals surface area contributed by atoms with E-state index < -0.39 is 11.9 Å². The Balaban J connectivity index is 1.74. The van der Waals surface area contributed by atoms with Crippen LogP contribution in [0.5, 0.6) is 0 Å². The lowest BCUT2D eigenvalue weighted by Gasteiger charge is -2.39. The SMILES string of the molecule is CC(=S)NC[C@H]1CN(c2ccc(N3CCC(C#N)CC3CNC=O)c(F)c2)C(=O)O1. The second kappa shape index (κ2) is 9.71. The van der Waals surface area contributed by atoms with Crippen molar-refractivity contribution in [3.8, 4) is 6.07 Å². The molecule has 2 aliphatic rings. The number of halogens is 1. The molecular formula is C20H24FN5O3S. The maximum atomic E-state index is 15.0. The van der Waals surface area contributed by atoms with E-state index in [2.05, 4.69) is 16.7 Å². The van der Waals surface area contributed by atoms with Crippen molar-refractivity contribution in [2.45, 2.75) is 31.9 Å². The molecule has 2 saturated heterocycles. The summed E-state index contributed by atoms with van der Waals surface area (Å²) in [6.45, 7) is 3.28. The summed E-state index contributed by atoms with van der Waals surface area (Å²) in [5.74, 6) is -0.592. The zero-order chi connectivity index (χ0) is 21.7. The lowest BCUT2D eigenvalue weighted by Crippen LogP contribution is -2.48. The van der Waals surface area contributed by atoms with Gasteiger partial charge in [-0.05, 0) is 38.0 Å². The van der Waals surface area contributed by atoms with Gasteiger partial charge in [0.15, 0.2) is 0 Å². The number of carbonyl (C=O) groups is 2. The van der Waals surface area contributed by atoms with Crippen LogP contribution in [0.2, 0.25) is 0 Å². The number of hydrogen-bond acceptors (Lipinski definition) is 6. The molecule has 160 valence electrons. The number of piperidine rings is 1. The molecule has 1 aromatic carbocycles. The molecule has 0 bridgehead atoms. The van der Waals surface area contributed by atoms with Gasteiger partial charge in [0.2, 0.25) is 6.41 Å². The molecule has 2 N–H and O–H groups in total. The molecule has 3 rings (SSSR count). The van der Waals surface area contributed by atoms with Gasteiger partial charge in [0.1, 0.15) is 11.9 Å². The number of hydrogen-bond donors (Lipinski definition) is 2. The van der Waals surface area contributed by atoms with Crippen LogP contribution in [0, 0.1) is 23.1 Å². The third-order valence-corrected chi connectivity index (χ3v) is 5.48. The van der Waals surface area contributed by atoms with Gasteiger partial charge in [-0.1, -0.05) is 12.2 Å². The first kappa shape index (κ1) is 21.8. The van der Waals surface area contributed by atoms with E-state index in [0.717, 1.165) is 0 Å². The number of anilines is 2. The van der Waals surface area contributed by atoms with Crippen LogP contribution in [-0.4, -0.2) is 55.8 Å². The first-order chi connectivity index (χ1) is 14.4. The van der Waals surface area contributed by atoms with Crippen LogP contribution in [0.3, 0.4) is 0 Å². The zero-order valence-corrected chi connectivity index (χ0v) is 17.5. The number of amides is 2. The van der Waals surface area contributed by atoms with Gasteiger partial charge >= 0.3 is 6.09 Å². The Labute approximate surface area is 180 Å². The number of carbonyl (C=O) groups excluding carboxylic acids is 2. The Bertz CT molecular complexity index is 861. The predicted octanol–water partition coefficient (Wildman–Crippen LogP) is 1.94. The van der Waals surface area contributed by atoms with Crippen molar-refractivity contribution >= 4 is 41.1 Å². The topological polar surface area (TPSA) is 97.7 Å². The van der Waals surface area contributed by atoms with Crippen molar-refractivity contribution in [1.82, 2.24) is 10.6 Å². The van der Waals surface area contributed by atoms with Crippen LogP contribution in [0.25, 0.3) is 0 Å². The van der Waals surface area contributed by atoms with Gasteiger partial charge in [0.25, 0.3) is 0 Å². The smallest absolute Gasteiger partial charge is 0.414 e. The molecule has 2 unspecified atom stereocenters. The van der Waals surface area contributed by atoms with E-state index in [-0.39, 0.29) is 18.1 Å². The van der Waals surface area contributed by atoms with E-state index in [9.17, 15) is 14.9 Å². The number of thiocarbonyl (C=S) groups is 1. The fraction of sp³-hybridized carbons (Fsp3) is 0.500. The highest BCUT2D eigenvalue weighted by Crippen LogP contribution is 2.32. The monoisotopic (exact) mass is 433 g/mol. The van der Waals surface area contributed by atoms with E-state index in [1.54, 1.807) is 19.1 Å². The lowest BCUT2D eigenvalue weighted by molar-refractivity contribution is -0.109. The highest BCUT2D eigenvalue weighted by Gasteiger charge is 2.34. The first-order valence-electron chi connectivity index (χ1n) is 9.78. The maximum absolute atomic E-state index is 15.0. The molecule has 2 amide bonds. The molecular weight excluding hydrogens is 409 g/mol. The van der Waals surface area contributed by atoms with Gasteiger partial charge < -0.3 is 20.3 Å². The Kier molecular flexibility index (Phi) is 7.05. The molecule has 1 aromatic rings. The molecule has 0 aliphatic carbocycles. The van der Waals surface area contributed by atoms with Crippen molar-refractivity contribution < 1.29 is 18.7 Å². The number of rotatable bonds is 7. The molecule has 2 fully saturated rings. The first-order valence-corrected chi connectivity index (χ1v) is 10.2. The second-order valence-corrected chi connectivity index (χ2v) is 8.03. The molecule has 0 spiro atoms. The Morgan fingerprint density at radius 1 is 1.47 bits per heavy atom. The van der Waals surface area contributed by atoms with Gasteiger partial charge in [0.05, 0.1) is 41.4 Å². The van der Waals surface area contributed by atoms with Crippen LogP contribution >= 0.6 is 12.2 Å². The molecule has 30 heavy (non-hydrogen) atoms. The van der Waals surface area contributed by atoms with Gasteiger partial charge in [-0.2, -0.15) is 5.26 Å². The minimum atomic E-state index is -0.529. The summed E-state index contributed by atoms with van der Waals surface area (Å²) in [5, 5.41) is 14.8. The number of nitrogens with one attached hydrogen (secondary N) is 2. The van der Waals surface area contributed by atoms with Crippen LogP contribution in [0.1, 0.15) is 19.8 Å². The lowest BCUT2D eigenvalue weighted by atomic mass is 9.91. The molecule has 10 heteroatoms. The van der Waals surface area contributed by atoms with Crippen molar-refractivity contribution in [1.29, 1.82) is 5.26 Å². The van der Waals surface area contributed by atoms with E-state index in [1.807, 2.05) is 4.90 Å². The van der Waals surface area contributed by atoms with Gasteiger partial charge in [-0.3, -0.25) is 9.69 Å². The predicted molar refractivity (Wildman–Crippen MR) is 114 cm³/mol. The molecule has 0 saturated carbocycles. The molecule has 8 nitrogen and oxygen atoms in total. The molecule has 3 atom stereocenters. The minimum Gasteiger partial charge on any atom is -0.442 e. The number of nitrogens with zero attached hydrogens (tertiary/aromatic N) is 3. The number of ether oxygens (including phenoxy) is 1. The van der Waals surface area contributed by atoms with Gasteiger partial charge in [-0.15, -0.1) is 0 Å². The number of cyclic esters (lactones) is 1. The zero-order valence-electron chi connectivity index (χ0n) is 16.6. The van der Waals surface area contributed by atoms with E-state index in [1.165, 1.54) is 11.0 Å². The fourth-order valence-corrected chi connectivity index (χ4v) is 3.94. The summed E-state index contributed by atoms with van der Waals surface area (Å²) >= 11 is 4.97. The summed E-state index contributed by atoms with van der Waals surface area (Å²) < 4.78 is 20.3. The standard InChI is InChI=1S/C20H24FN5O3S/c1-13(30)24-10-17-11-26(20(28)29-17)15-2-3-19(18(21)7-15)25-5-4-14(8-22)6-16(25)9-23-12-27/h2-3,7,12,14,16-17H,4-6,9-11H2,1H3,(H,23,27)(H,24,30)/t14?,16?,17-/m0/s1. The fourth-order valence-electron chi connectivity index (χ4n) is 3.86. The van der Waals surface area contributed by atoms with E-state index in [4.69, 9.17) is 17.0 Å². The van der Waals surface area contributed by atoms with E-state index >= 15 is 4.39 Å². The Hall–Kier alpha value is -2.93. The summed E-state index contributed by atoms with van der Waals surface area (Å²) in [7, 11) is 0. The third-order valence-electron chi connectivity index (χ3n) is 5.34. The van der Waals surface area contributed by atoms with Crippen LogP contribution < -0.4 is 20.4 Å². The molecule has 2 aliphatic heterocycles. The summed E-state index contributed by atoms with van der Waals surface area (Å²) in [6.07, 6.45) is 0.872. The molecule has 0 radical (unpaired) electrons. The average molecular weight is 434 g/mol. The van der Waals surface area contributed by atoms with Crippen LogP contribution in [0.4, 0.5) is 20.6 Å². The average Bonchev–Trinajstić information content (AvgIpc) is 3.11. The largest absolute Gasteiger partial charge is 0.442 e. The van der Waals surface area contributed by atoms with Crippen molar-refractivity contribution in [3.63, 3.8) is 0 Å². The summed E-state index contributed by atoms with van der Waals surface area (Å²) in [5.41, 5.74) is 0.798. The van der Waals surface area contributed by atoms with Crippen molar-refractivity contribution in [2.75, 3.05) is 36.0 Å². The number of nitriles is 1. The third kappa shape index (κ3) is 4.97. The van der Waals surface area contributed by atoms with Crippen LogP contribution in [0.15, 0.2) is 18.2 Å². The maximum Gasteiger partial charge on any atom is 0.414 e. The highest BCUT2D eigenvalue weighted by molar-refractivity contribution is 7.80. The summed E-state index contributed by atoms with van der Waals surface area (Å²) in [6, 6.07) is 6.71. The summed E-state index contributed by atoms with van der Waals surface area (Å²) in [4.78, 5) is 26.8. The number of benzene rings is 1. The molecule has 2 heterocycles. The quantitative estimate of drug-likeness (QED) is 0.501. The van der Waals surface area contributed by atoms with Crippen molar-refractivity contribution in [2.24, 2.45) is 5.92 Å².